The Balaban J connectivity index is 1.50. The number of rotatable bonds is 5. The quantitative estimate of drug-likeness (QED) is 0.591. The second kappa shape index (κ2) is 8.96. The first-order chi connectivity index (χ1) is 13.5. The monoisotopic (exact) mass is 396 g/mol. The van der Waals surface area contributed by atoms with Crippen LogP contribution in [0, 0.1) is 0 Å². The van der Waals surface area contributed by atoms with Gasteiger partial charge in [0.05, 0.1) is 4.91 Å². The molecule has 8 nitrogen and oxygen atoms in total. The third-order valence-electron chi connectivity index (χ3n) is 3.79. The number of hydrogen-bond acceptors (Lipinski definition) is 6. The van der Waals surface area contributed by atoms with Crippen molar-refractivity contribution in [3.63, 3.8) is 0 Å². The molecule has 1 saturated heterocycles. The fourth-order valence-electron chi connectivity index (χ4n) is 2.37. The maximum absolute atomic E-state index is 12.4. The molecule has 4 amide bonds. The van der Waals surface area contributed by atoms with Gasteiger partial charge in [-0.15, -0.1) is 0 Å². The molecule has 0 unspecified atom stereocenters. The summed E-state index contributed by atoms with van der Waals surface area (Å²) in [5.41, 5.74) is 5.67. The van der Waals surface area contributed by atoms with Gasteiger partial charge in [0.1, 0.15) is 0 Å². The lowest BCUT2D eigenvalue weighted by Gasteiger charge is -2.12. The van der Waals surface area contributed by atoms with Crippen molar-refractivity contribution in [1.29, 1.82) is 0 Å². The third kappa shape index (κ3) is 4.83. The molecule has 1 aliphatic heterocycles. The van der Waals surface area contributed by atoms with Gasteiger partial charge in [0.2, 0.25) is 5.91 Å². The molecule has 0 radical (unpaired) electrons. The molecule has 2 aromatic rings. The molecule has 2 N–H and O–H groups in total. The van der Waals surface area contributed by atoms with Crippen molar-refractivity contribution in [1.82, 2.24) is 20.7 Å². The Hall–Kier alpha value is -3.46. The third-order valence-corrected chi connectivity index (χ3v) is 4.70. The molecule has 1 fully saturated rings. The summed E-state index contributed by atoms with van der Waals surface area (Å²) < 4.78 is 0. The van der Waals surface area contributed by atoms with Crippen LogP contribution in [0.4, 0.5) is 4.79 Å². The number of aromatic nitrogens is 1. The molecular formula is C19H16N4O4S. The average Bonchev–Trinajstić information content (AvgIpc) is 2.98. The van der Waals surface area contributed by atoms with E-state index in [9.17, 15) is 19.2 Å². The van der Waals surface area contributed by atoms with E-state index in [0.29, 0.717) is 10.5 Å². The number of nitrogens with one attached hydrogen (secondary N) is 2. The number of thioether (sulfide) groups is 1. The average molecular weight is 396 g/mol. The smallest absolute Gasteiger partial charge is 0.273 e. The predicted molar refractivity (Wildman–Crippen MR) is 104 cm³/mol. The second-order valence-corrected chi connectivity index (χ2v) is 6.73. The van der Waals surface area contributed by atoms with Crippen molar-refractivity contribution in [2.45, 2.75) is 6.42 Å². The van der Waals surface area contributed by atoms with E-state index in [2.05, 4.69) is 15.8 Å². The van der Waals surface area contributed by atoms with Crippen LogP contribution in [-0.4, -0.2) is 39.4 Å². The topological polar surface area (TPSA) is 108 Å². The van der Waals surface area contributed by atoms with Gasteiger partial charge >= 0.3 is 0 Å². The number of pyridine rings is 1. The molecule has 1 aliphatic rings. The maximum atomic E-state index is 12.4. The summed E-state index contributed by atoms with van der Waals surface area (Å²) in [7, 11) is 0. The fraction of sp³-hybridized carbons (Fsp3) is 0.105. The van der Waals surface area contributed by atoms with Crippen molar-refractivity contribution in [2.24, 2.45) is 0 Å². The summed E-state index contributed by atoms with van der Waals surface area (Å²) in [6.45, 7) is -0.0756. The summed E-state index contributed by atoms with van der Waals surface area (Å²) in [4.78, 5) is 53.3. The van der Waals surface area contributed by atoms with E-state index in [1.54, 1.807) is 6.08 Å². The number of carbonyl (C=O) groups excluding carboxylic acids is 4. The first-order valence-electron chi connectivity index (χ1n) is 8.34. The highest BCUT2D eigenvalue weighted by Gasteiger charge is 2.35. The minimum absolute atomic E-state index is 0.0756. The van der Waals surface area contributed by atoms with Gasteiger partial charge < -0.3 is 0 Å². The summed E-state index contributed by atoms with van der Waals surface area (Å²) in [6, 6.07) is 12.2. The van der Waals surface area contributed by atoms with Crippen molar-refractivity contribution in [2.75, 3.05) is 6.54 Å². The Labute approximate surface area is 165 Å². The van der Waals surface area contributed by atoms with Crippen LogP contribution in [0.3, 0.4) is 0 Å². The number of hydrazine groups is 1. The highest BCUT2D eigenvalue weighted by molar-refractivity contribution is 8.18. The van der Waals surface area contributed by atoms with Gasteiger partial charge in [0.15, 0.2) is 0 Å². The number of amides is 4. The highest BCUT2D eigenvalue weighted by atomic mass is 32.2. The van der Waals surface area contributed by atoms with Gasteiger partial charge in [-0.25, -0.2) is 0 Å². The Morgan fingerprint density at radius 2 is 1.75 bits per heavy atom. The predicted octanol–water partition coefficient (Wildman–Crippen LogP) is 1.97. The molecule has 2 heterocycles. The number of benzene rings is 1. The van der Waals surface area contributed by atoms with Crippen LogP contribution in [-0.2, 0) is 9.59 Å². The lowest BCUT2D eigenvalue weighted by atomic mass is 10.2. The molecule has 28 heavy (non-hydrogen) atoms. The van der Waals surface area contributed by atoms with Gasteiger partial charge in [-0.1, -0.05) is 30.3 Å². The molecule has 0 aliphatic carbocycles. The van der Waals surface area contributed by atoms with Crippen LogP contribution < -0.4 is 10.9 Å². The zero-order valence-electron chi connectivity index (χ0n) is 14.6. The van der Waals surface area contributed by atoms with Crippen LogP contribution in [0.25, 0.3) is 6.08 Å². The normalized spacial score (nSPS) is 15.0. The van der Waals surface area contributed by atoms with Crippen LogP contribution >= 0.6 is 11.8 Å². The Morgan fingerprint density at radius 3 is 2.46 bits per heavy atom. The minimum atomic E-state index is -0.520. The minimum Gasteiger partial charge on any atom is -0.273 e. The molecular weight excluding hydrogens is 380 g/mol. The number of hydrogen-bond donors (Lipinski definition) is 2. The van der Waals surface area contributed by atoms with Crippen molar-refractivity contribution in [3.05, 3.63) is 70.9 Å². The standard InChI is InChI=1S/C19H16N4O4S/c24-16(21-22-17(25)14-6-9-20-10-7-14)8-11-23-18(26)15(28-19(23)27)12-13-4-2-1-3-5-13/h1-7,9-10,12H,8,11H2,(H,21,24)(H,22,25)/b15-12+. The molecule has 9 heteroatoms. The summed E-state index contributed by atoms with van der Waals surface area (Å²) in [6.07, 6.45) is 4.42. The lowest BCUT2D eigenvalue weighted by Crippen LogP contribution is -2.43. The molecule has 0 spiro atoms. The van der Waals surface area contributed by atoms with E-state index in [4.69, 9.17) is 0 Å². The Morgan fingerprint density at radius 1 is 1.04 bits per heavy atom. The molecule has 1 aromatic heterocycles. The van der Waals surface area contributed by atoms with Gasteiger partial charge in [-0.3, -0.25) is 39.9 Å². The first-order valence-corrected chi connectivity index (χ1v) is 9.16. The number of nitrogens with zero attached hydrogens (tertiary/aromatic N) is 2. The Kier molecular flexibility index (Phi) is 6.18. The molecule has 1 aromatic carbocycles. The molecule has 3 rings (SSSR count). The van der Waals surface area contributed by atoms with E-state index >= 15 is 0 Å². The summed E-state index contributed by atoms with van der Waals surface area (Å²) in [5.74, 6) is -1.45. The van der Waals surface area contributed by atoms with E-state index in [0.717, 1.165) is 22.2 Å². The van der Waals surface area contributed by atoms with Gasteiger partial charge in [-0.05, 0) is 35.5 Å². The molecule has 142 valence electrons. The van der Waals surface area contributed by atoms with Crippen LogP contribution in [0.5, 0.6) is 0 Å². The maximum Gasteiger partial charge on any atom is 0.293 e. The SMILES string of the molecule is O=C(CCN1C(=O)S/C(=C/c2ccccc2)C1=O)NNC(=O)c1ccncc1. The largest absolute Gasteiger partial charge is 0.293 e. The van der Waals surface area contributed by atoms with E-state index in [-0.39, 0.29) is 13.0 Å². The zero-order chi connectivity index (χ0) is 19.9. The number of imide groups is 1. The zero-order valence-corrected chi connectivity index (χ0v) is 15.4. The number of carbonyl (C=O) groups is 4. The van der Waals surface area contributed by atoms with E-state index in [1.807, 2.05) is 30.3 Å². The lowest BCUT2D eigenvalue weighted by molar-refractivity contribution is -0.124. The second-order valence-electron chi connectivity index (χ2n) is 5.73. The summed E-state index contributed by atoms with van der Waals surface area (Å²) >= 11 is 0.835. The van der Waals surface area contributed by atoms with Crippen molar-refractivity contribution >= 4 is 40.8 Å². The van der Waals surface area contributed by atoms with Crippen molar-refractivity contribution < 1.29 is 19.2 Å². The van der Waals surface area contributed by atoms with Crippen LogP contribution in [0.1, 0.15) is 22.3 Å². The van der Waals surface area contributed by atoms with E-state index < -0.39 is 23.0 Å². The fourth-order valence-corrected chi connectivity index (χ4v) is 3.24. The van der Waals surface area contributed by atoms with Gasteiger partial charge in [-0.2, -0.15) is 0 Å². The first kappa shape index (κ1) is 19.3. The molecule has 0 bridgehead atoms. The highest BCUT2D eigenvalue weighted by Crippen LogP contribution is 2.32. The van der Waals surface area contributed by atoms with Gasteiger partial charge in [0.25, 0.3) is 17.1 Å². The summed E-state index contributed by atoms with van der Waals surface area (Å²) in [5, 5.41) is -0.430. The van der Waals surface area contributed by atoms with Gasteiger partial charge in [0, 0.05) is 30.9 Å². The molecule has 0 saturated carbocycles. The van der Waals surface area contributed by atoms with Crippen LogP contribution in [0.2, 0.25) is 0 Å². The van der Waals surface area contributed by atoms with Crippen LogP contribution in [0.15, 0.2) is 59.8 Å². The van der Waals surface area contributed by atoms with Crippen molar-refractivity contribution in [3.8, 4) is 0 Å². The van der Waals surface area contributed by atoms with E-state index in [1.165, 1.54) is 24.5 Å². The Bertz CT molecular complexity index is 931. The molecule has 0 atom stereocenters.